The van der Waals surface area contributed by atoms with E-state index in [-0.39, 0.29) is 0 Å². The molecule has 1 aromatic rings. The maximum Gasteiger partial charge on any atom is 0.303 e. The maximum absolute atomic E-state index is 11.1. The molecule has 0 amide bonds. The molecule has 0 N–H and O–H groups in total. The molecular weight excluding hydrogens is 220 g/mol. The van der Waals surface area contributed by atoms with Crippen LogP contribution in [-0.4, -0.2) is 18.0 Å². The molecule has 4 nitrogen and oxygen atoms in total. The molecule has 4 heteroatoms. The van der Waals surface area contributed by atoms with Gasteiger partial charge >= 0.3 is 11.9 Å². The van der Waals surface area contributed by atoms with Gasteiger partial charge in [0.25, 0.3) is 0 Å². The predicted octanol–water partition coefficient (Wildman–Crippen LogP) is 2.24. The van der Waals surface area contributed by atoms with Gasteiger partial charge in [-0.3, -0.25) is 9.59 Å². The Balaban J connectivity index is 2.87. The van der Waals surface area contributed by atoms with Gasteiger partial charge in [0.05, 0.1) is 0 Å². The number of carbonyl (C=O) groups excluding carboxylic acids is 2. The zero-order valence-corrected chi connectivity index (χ0v) is 10.2. The van der Waals surface area contributed by atoms with Gasteiger partial charge in [-0.15, -0.1) is 0 Å². The Morgan fingerprint density at radius 3 is 2.00 bits per heavy atom. The average Bonchev–Trinajstić information content (AvgIpc) is 2.25. The van der Waals surface area contributed by atoms with Crippen LogP contribution in [0, 0.1) is 0 Å². The van der Waals surface area contributed by atoms with Gasteiger partial charge in [0, 0.05) is 13.8 Å². The molecule has 17 heavy (non-hydrogen) atoms. The third-order valence-corrected chi connectivity index (χ3v) is 2.20. The largest absolute Gasteiger partial charge is 0.459 e. The van der Waals surface area contributed by atoms with Crippen LogP contribution in [0.25, 0.3) is 0 Å². The molecule has 1 aromatic carbocycles. The fourth-order valence-electron chi connectivity index (χ4n) is 1.58. The molecule has 0 spiro atoms. The Kier molecular flexibility index (Phi) is 4.69. The van der Waals surface area contributed by atoms with Crippen molar-refractivity contribution < 1.29 is 19.1 Å². The van der Waals surface area contributed by atoms with Gasteiger partial charge in [-0.2, -0.15) is 0 Å². The van der Waals surface area contributed by atoms with Crippen LogP contribution in [-0.2, 0) is 19.1 Å². The lowest BCUT2D eigenvalue weighted by Gasteiger charge is -2.23. The summed E-state index contributed by atoms with van der Waals surface area (Å²) < 4.78 is 10.2. The first-order valence-electron chi connectivity index (χ1n) is 5.40. The Bertz CT molecular complexity index is 386. The molecule has 0 radical (unpaired) electrons. The van der Waals surface area contributed by atoms with Crippen molar-refractivity contribution in [2.75, 3.05) is 0 Å². The summed E-state index contributed by atoms with van der Waals surface area (Å²) in [5, 5.41) is 0. The lowest BCUT2D eigenvalue weighted by Crippen LogP contribution is -2.25. The SMILES string of the molecule is CC(=O)OC(c1ccccc1)[C@H](C)OC(C)=O. The van der Waals surface area contributed by atoms with Gasteiger partial charge in [0.15, 0.2) is 6.10 Å². The monoisotopic (exact) mass is 236 g/mol. The summed E-state index contributed by atoms with van der Waals surface area (Å²) in [4.78, 5) is 22.0. The van der Waals surface area contributed by atoms with E-state index in [0.717, 1.165) is 5.56 Å². The molecule has 0 saturated heterocycles. The third kappa shape index (κ3) is 4.26. The van der Waals surface area contributed by atoms with Crippen molar-refractivity contribution >= 4 is 11.9 Å². The second kappa shape index (κ2) is 6.03. The topological polar surface area (TPSA) is 52.6 Å². The minimum Gasteiger partial charge on any atom is -0.459 e. The first kappa shape index (κ1) is 13.2. The highest BCUT2D eigenvalue weighted by molar-refractivity contribution is 5.67. The quantitative estimate of drug-likeness (QED) is 0.752. The number of hydrogen-bond acceptors (Lipinski definition) is 4. The van der Waals surface area contributed by atoms with E-state index < -0.39 is 24.1 Å². The molecule has 0 aromatic heterocycles. The predicted molar refractivity (Wildman–Crippen MR) is 62.2 cm³/mol. The maximum atomic E-state index is 11.1. The Morgan fingerprint density at radius 2 is 1.53 bits per heavy atom. The molecule has 0 heterocycles. The van der Waals surface area contributed by atoms with Crippen LogP contribution < -0.4 is 0 Å². The van der Waals surface area contributed by atoms with Gasteiger partial charge in [-0.1, -0.05) is 30.3 Å². The Morgan fingerprint density at radius 1 is 1.00 bits per heavy atom. The fraction of sp³-hybridized carbons (Fsp3) is 0.385. The molecule has 0 saturated carbocycles. The van der Waals surface area contributed by atoms with Crippen molar-refractivity contribution in [1.29, 1.82) is 0 Å². The van der Waals surface area contributed by atoms with Crippen molar-refractivity contribution in [2.45, 2.75) is 33.0 Å². The lowest BCUT2D eigenvalue weighted by molar-refractivity contribution is -0.164. The first-order valence-corrected chi connectivity index (χ1v) is 5.40. The van der Waals surface area contributed by atoms with Crippen LogP contribution >= 0.6 is 0 Å². The van der Waals surface area contributed by atoms with Crippen molar-refractivity contribution in [3.05, 3.63) is 35.9 Å². The zero-order valence-electron chi connectivity index (χ0n) is 10.2. The Hall–Kier alpha value is -1.84. The summed E-state index contributed by atoms with van der Waals surface area (Å²) in [6.45, 7) is 4.35. The van der Waals surface area contributed by atoms with Gasteiger partial charge in [0.2, 0.25) is 0 Å². The molecule has 1 unspecified atom stereocenters. The van der Waals surface area contributed by atoms with Gasteiger partial charge in [-0.25, -0.2) is 0 Å². The molecular formula is C13H16O4. The van der Waals surface area contributed by atoms with E-state index in [1.807, 2.05) is 30.3 Å². The highest BCUT2D eigenvalue weighted by Gasteiger charge is 2.24. The number of esters is 2. The first-order chi connectivity index (χ1) is 8.00. The normalized spacial score (nSPS) is 13.6. The number of hydrogen-bond donors (Lipinski definition) is 0. The zero-order chi connectivity index (χ0) is 12.8. The number of carbonyl (C=O) groups is 2. The van der Waals surface area contributed by atoms with E-state index >= 15 is 0 Å². The number of rotatable bonds is 4. The van der Waals surface area contributed by atoms with Crippen LogP contribution in [0.2, 0.25) is 0 Å². The van der Waals surface area contributed by atoms with E-state index in [0.29, 0.717) is 0 Å². The summed E-state index contributed by atoms with van der Waals surface area (Å²) in [6.07, 6.45) is -1.09. The van der Waals surface area contributed by atoms with Crippen LogP contribution in [0.4, 0.5) is 0 Å². The van der Waals surface area contributed by atoms with Crippen LogP contribution in [0.1, 0.15) is 32.4 Å². The molecule has 92 valence electrons. The highest BCUT2D eigenvalue weighted by atomic mass is 16.6. The van der Waals surface area contributed by atoms with E-state index in [1.165, 1.54) is 13.8 Å². The second-order valence-corrected chi connectivity index (χ2v) is 3.76. The number of benzene rings is 1. The van der Waals surface area contributed by atoms with E-state index in [4.69, 9.17) is 9.47 Å². The Labute approximate surface area is 101 Å². The minimum absolute atomic E-state index is 0.398. The molecule has 1 rings (SSSR count). The summed E-state index contributed by atoms with van der Waals surface area (Å²) in [6, 6.07) is 9.20. The van der Waals surface area contributed by atoms with Crippen molar-refractivity contribution in [2.24, 2.45) is 0 Å². The molecule has 0 aliphatic rings. The van der Waals surface area contributed by atoms with Gasteiger partial charge < -0.3 is 9.47 Å². The fourth-order valence-corrected chi connectivity index (χ4v) is 1.58. The lowest BCUT2D eigenvalue weighted by atomic mass is 10.1. The molecule has 0 aliphatic heterocycles. The second-order valence-electron chi connectivity index (χ2n) is 3.76. The van der Waals surface area contributed by atoms with Crippen molar-refractivity contribution in [1.82, 2.24) is 0 Å². The van der Waals surface area contributed by atoms with E-state index in [9.17, 15) is 9.59 Å². The highest BCUT2D eigenvalue weighted by Crippen LogP contribution is 2.23. The van der Waals surface area contributed by atoms with E-state index in [2.05, 4.69) is 0 Å². The molecule has 0 fully saturated rings. The average molecular weight is 236 g/mol. The summed E-state index contributed by atoms with van der Waals surface area (Å²) in [5.41, 5.74) is 0.802. The minimum atomic E-state index is -0.572. The van der Waals surface area contributed by atoms with Crippen molar-refractivity contribution in [3.8, 4) is 0 Å². The summed E-state index contributed by atoms with van der Waals surface area (Å²) in [5.74, 6) is -0.802. The molecule has 0 bridgehead atoms. The van der Waals surface area contributed by atoms with Crippen LogP contribution in [0.5, 0.6) is 0 Å². The standard InChI is InChI=1S/C13H16O4/c1-9(16-10(2)14)13(17-11(3)15)12-7-5-4-6-8-12/h4-9,13H,1-3H3/t9-,13?/m0/s1. The van der Waals surface area contributed by atoms with Gasteiger partial charge in [0.1, 0.15) is 6.10 Å². The summed E-state index contributed by atoms with van der Waals surface area (Å²) >= 11 is 0. The van der Waals surface area contributed by atoms with Crippen LogP contribution in [0.3, 0.4) is 0 Å². The molecule has 2 atom stereocenters. The van der Waals surface area contributed by atoms with Crippen LogP contribution in [0.15, 0.2) is 30.3 Å². The smallest absolute Gasteiger partial charge is 0.303 e. The molecule has 0 aliphatic carbocycles. The summed E-state index contributed by atoms with van der Waals surface area (Å²) in [7, 11) is 0. The van der Waals surface area contributed by atoms with Crippen molar-refractivity contribution in [3.63, 3.8) is 0 Å². The third-order valence-electron chi connectivity index (χ3n) is 2.20. The number of ether oxygens (including phenoxy) is 2. The van der Waals surface area contributed by atoms with Gasteiger partial charge in [-0.05, 0) is 12.5 Å². The van der Waals surface area contributed by atoms with E-state index in [1.54, 1.807) is 6.92 Å².